The fourth-order valence-corrected chi connectivity index (χ4v) is 5.98. The van der Waals surface area contributed by atoms with E-state index in [0.717, 1.165) is 10.6 Å². The molecule has 10 heteroatoms. The fourth-order valence-electron chi connectivity index (χ4n) is 3.51. The third kappa shape index (κ3) is 7.24. The van der Waals surface area contributed by atoms with Gasteiger partial charge in [0, 0.05) is 30.3 Å². The van der Waals surface area contributed by atoms with Crippen molar-refractivity contribution in [3.05, 3.63) is 90.0 Å². The molecule has 0 saturated carbocycles. The summed E-state index contributed by atoms with van der Waals surface area (Å²) < 4.78 is 5.00. The summed E-state index contributed by atoms with van der Waals surface area (Å²) in [6, 6.07) is 22.4. The molecule has 0 saturated heterocycles. The summed E-state index contributed by atoms with van der Waals surface area (Å²) in [5.41, 5.74) is 0.472. The molecule has 0 aliphatic carbocycles. The summed E-state index contributed by atoms with van der Waals surface area (Å²) in [5.74, 6) is -3.35. The molecule has 0 aromatic heterocycles. The number of likely N-dealkylation sites (N-methyl/N-ethyl adjacent to an activating group) is 1. The molecule has 0 aliphatic heterocycles. The van der Waals surface area contributed by atoms with Crippen molar-refractivity contribution < 1.29 is 58.6 Å². The van der Waals surface area contributed by atoms with Gasteiger partial charge in [-0.05, 0) is 36.7 Å². The fraction of sp³-hybridized carbons (Fsp3) is 0.154. The number of esters is 1. The maximum atomic E-state index is 13.0. The number of methoxy groups -OCH3 is 1. The Labute approximate surface area is 232 Å². The largest absolute Gasteiger partial charge is 1.00 e. The summed E-state index contributed by atoms with van der Waals surface area (Å²) in [6.07, 6.45) is -0.681. The quantitative estimate of drug-likeness (QED) is 0.181. The molecule has 2 N–H and O–H groups in total. The number of carboxylic acids is 1. The maximum absolute atomic E-state index is 13.0. The smallest absolute Gasteiger partial charge is 0.550 e. The number of nitrogens with one attached hydrogen (secondary N) is 2. The van der Waals surface area contributed by atoms with Gasteiger partial charge < -0.3 is 25.3 Å². The van der Waals surface area contributed by atoms with E-state index < -0.39 is 44.1 Å². The molecule has 3 aromatic carbocycles. The number of benzene rings is 3. The molecule has 0 heterocycles. The topological polar surface area (TPSA) is 125 Å². The Morgan fingerprint density at radius 2 is 1.47 bits per heavy atom. The first-order chi connectivity index (χ1) is 16.8. The number of carbonyl (C=O) groups excluding carboxylic acids is 4. The van der Waals surface area contributed by atoms with Crippen molar-refractivity contribution >= 4 is 47.6 Å². The predicted molar refractivity (Wildman–Crippen MR) is 131 cm³/mol. The molecule has 3 aromatic rings. The second-order valence-electron chi connectivity index (χ2n) is 7.45. The Hall–Kier alpha value is -3.03. The van der Waals surface area contributed by atoms with Gasteiger partial charge in [0.05, 0.1) is 12.7 Å². The molecular weight excluding hydrogens is 490 g/mol. The number of hydrogen-bond donors (Lipinski definition) is 2. The summed E-state index contributed by atoms with van der Waals surface area (Å²) in [4.78, 5) is 48.8. The van der Waals surface area contributed by atoms with Crippen LogP contribution in [0.4, 0.5) is 0 Å². The van der Waals surface area contributed by atoms with E-state index in [4.69, 9.17) is 4.74 Å². The molecule has 0 fully saturated rings. The van der Waals surface area contributed by atoms with Crippen molar-refractivity contribution in [1.29, 1.82) is 0 Å². The molecule has 0 spiro atoms. The molecule has 2 amide bonds. The van der Waals surface area contributed by atoms with Gasteiger partial charge in [-0.3, -0.25) is 9.59 Å². The van der Waals surface area contributed by atoms with Crippen LogP contribution in [0.2, 0.25) is 0 Å². The van der Waals surface area contributed by atoms with E-state index in [1.165, 1.54) is 26.3 Å². The van der Waals surface area contributed by atoms with Gasteiger partial charge in [0.1, 0.15) is 6.04 Å². The second kappa shape index (κ2) is 13.9. The molecule has 8 nitrogen and oxygen atoms in total. The van der Waals surface area contributed by atoms with E-state index in [0.29, 0.717) is 10.9 Å². The minimum absolute atomic E-state index is 0. The van der Waals surface area contributed by atoms with Gasteiger partial charge >= 0.3 is 35.5 Å². The first kappa shape index (κ1) is 29.2. The number of carbonyl (C=O) groups is 4. The van der Waals surface area contributed by atoms with Gasteiger partial charge in [-0.1, -0.05) is 60.7 Å². The molecule has 0 unspecified atom stereocenters. The molecule has 0 aliphatic rings. The van der Waals surface area contributed by atoms with Gasteiger partial charge in [-0.25, -0.2) is 4.79 Å². The average molecular weight is 514 g/mol. The van der Waals surface area contributed by atoms with Crippen LogP contribution in [0.1, 0.15) is 27.1 Å². The van der Waals surface area contributed by atoms with Crippen LogP contribution in [-0.2, 0) is 14.3 Å². The van der Waals surface area contributed by atoms with Gasteiger partial charge in [0.15, 0.2) is 0 Å². The molecule has 1 atom stereocenters. The van der Waals surface area contributed by atoms with E-state index in [2.05, 4.69) is 10.6 Å². The van der Waals surface area contributed by atoms with Crippen LogP contribution in [0.25, 0.3) is 0 Å². The summed E-state index contributed by atoms with van der Waals surface area (Å²) in [6.45, 7) is 0. The van der Waals surface area contributed by atoms with Crippen LogP contribution in [0.15, 0.2) is 78.9 Å². The van der Waals surface area contributed by atoms with Gasteiger partial charge in [-0.2, -0.15) is 0 Å². The van der Waals surface area contributed by atoms with Crippen molar-refractivity contribution in [1.82, 2.24) is 10.6 Å². The standard InChI is InChI=1S/C26H25N2O6P.Na/c1-27-25(32)21(16-23(29)30)28-24(31)17-13-14-20(26(33)34-2)22(15-17)35(18-9-5-3-6-10-18)19-11-7-4-8-12-19;/h3-15,21H,16H2,1-2H3,(H,27,32)(H,28,31)(H,29,30);/q;+1/p-1/t21-;/m0./s1. The number of amides is 2. The monoisotopic (exact) mass is 514 g/mol. The van der Waals surface area contributed by atoms with E-state index in [1.807, 2.05) is 60.7 Å². The van der Waals surface area contributed by atoms with Gasteiger partial charge in [0.25, 0.3) is 5.91 Å². The molecular formula is C26H24N2NaO6P. The van der Waals surface area contributed by atoms with Crippen molar-refractivity contribution in [3.8, 4) is 0 Å². The number of rotatable bonds is 9. The van der Waals surface area contributed by atoms with Crippen molar-refractivity contribution in [2.45, 2.75) is 12.5 Å². The van der Waals surface area contributed by atoms with Crippen molar-refractivity contribution in [2.24, 2.45) is 0 Å². The zero-order chi connectivity index (χ0) is 25.4. The van der Waals surface area contributed by atoms with E-state index in [-0.39, 0.29) is 35.1 Å². The summed E-state index contributed by atoms with van der Waals surface area (Å²) in [7, 11) is 1.37. The third-order valence-corrected chi connectivity index (χ3v) is 7.65. The van der Waals surface area contributed by atoms with Gasteiger partial charge in [0.2, 0.25) is 5.91 Å². The Balaban J connectivity index is 0.00000456. The van der Waals surface area contributed by atoms with Crippen LogP contribution in [0, 0.1) is 0 Å². The Morgan fingerprint density at radius 3 is 1.94 bits per heavy atom. The number of ether oxygens (including phenoxy) is 1. The average Bonchev–Trinajstić information content (AvgIpc) is 2.88. The SMILES string of the molecule is CNC(=O)[C@H](CC(=O)[O-])NC(=O)c1ccc(C(=O)OC)c(P(c2ccccc2)c2ccccc2)c1.[Na+]. The maximum Gasteiger partial charge on any atom is 1.00 e. The molecule has 36 heavy (non-hydrogen) atoms. The van der Waals surface area contributed by atoms with E-state index in [9.17, 15) is 24.3 Å². The normalized spacial score (nSPS) is 11.1. The third-order valence-electron chi connectivity index (χ3n) is 5.17. The number of carboxylic acid groups (broad SMARTS) is 1. The first-order valence-corrected chi connectivity index (χ1v) is 12.0. The van der Waals surface area contributed by atoms with E-state index >= 15 is 0 Å². The Bertz CT molecular complexity index is 1180. The Kier molecular flexibility index (Phi) is 11.3. The second-order valence-corrected chi connectivity index (χ2v) is 9.63. The Morgan fingerprint density at radius 1 is 0.917 bits per heavy atom. The van der Waals surface area contributed by atoms with Crippen molar-refractivity contribution in [3.63, 3.8) is 0 Å². The minimum atomic E-state index is -1.47. The van der Waals surface area contributed by atoms with Crippen LogP contribution in [-0.4, -0.2) is 44.0 Å². The molecule has 3 rings (SSSR count). The number of hydrogen-bond acceptors (Lipinski definition) is 6. The first-order valence-electron chi connectivity index (χ1n) is 10.7. The predicted octanol–water partition coefficient (Wildman–Crippen LogP) is -2.78. The minimum Gasteiger partial charge on any atom is -0.550 e. The molecule has 180 valence electrons. The van der Waals surface area contributed by atoms with E-state index in [1.54, 1.807) is 6.07 Å². The van der Waals surface area contributed by atoms with Crippen LogP contribution in [0.5, 0.6) is 0 Å². The zero-order valence-corrected chi connectivity index (χ0v) is 23.1. The van der Waals surface area contributed by atoms with Crippen LogP contribution < -0.4 is 61.2 Å². The molecule has 0 bridgehead atoms. The molecule has 0 radical (unpaired) electrons. The van der Waals surface area contributed by atoms with Crippen molar-refractivity contribution in [2.75, 3.05) is 14.2 Å². The van der Waals surface area contributed by atoms with Crippen LogP contribution in [0.3, 0.4) is 0 Å². The number of aliphatic carboxylic acids is 1. The summed E-state index contributed by atoms with van der Waals surface area (Å²) >= 11 is 0. The van der Waals surface area contributed by atoms with Gasteiger partial charge in [-0.15, -0.1) is 0 Å². The summed E-state index contributed by atoms with van der Waals surface area (Å²) in [5, 5.41) is 18.3. The van der Waals surface area contributed by atoms with Crippen LogP contribution >= 0.6 is 7.92 Å². The zero-order valence-electron chi connectivity index (χ0n) is 20.2.